The van der Waals surface area contributed by atoms with Crippen LogP contribution in [-0.4, -0.2) is 62.4 Å². The van der Waals surface area contributed by atoms with Gasteiger partial charge in [0.15, 0.2) is 0 Å². The first-order valence-corrected chi connectivity index (χ1v) is 10.3. The van der Waals surface area contributed by atoms with Gasteiger partial charge in [0.1, 0.15) is 5.60 Å². The third-order valence-electron chi connectivity index (χ3n) is 6.70. The molecule has 3 heterocycles. The molecular formula is C21H32BNO5. The molecule has 3 saturated heterocycles. The van der Waals surface area contributed by atoms with Crippen LogP contribution in [0.25, 0.3) is 0 Å². The lowest BCUT2D eigenvalue weighted by Crippen LogP contribution is -2.45. The lowest BCUT2D eigenvalue weighted by Gasteiger charge is -2.36. The zero-order chi connectivity index (χ0) is 20.2. The average molecular weight is 389 g/mol. The Bertz CT molecular complexity index is 716. The molecule has 0 amide bonds. The summed E-state index contributed by atoms with van der Waals surface area (Å²) in [6.07, 6.45) is 0.595. The van der Waals surface area contributed by atoms with Crippen molar-refractivity contribution in [1.82, 2.24) is 0 Å². The summed E-state index contributed by atoms with van der Waals surface area (Å²) < 4.78 is 23.7. The maximum atomic E-state index is 11.2. The van der Waals surface area contributed by atoms with Crippen LogP contribution in [0.5, 0.6) is 0 Å². The van der Waals surface area contributed by atoms with Crippen LogP contribution < -0.4 is 10.4 Å². The second kappa shape index (κ2) is 6.99. The van der Waals surface area contributed by atoms with E-state index < -0.39 is 23.9 Å². The lowest BCUT2D eigenvalue weighted by molar-refractivity contribution is 0.00578. The number of morpholine rings is 1. The van der Waals surface area contributed by atoms with Crippen LogP contribution in [0, 0.1) is 0 Å². The number of benzene rings is 1. The zero-order valence-corrected chi connectivity index (χ0v) is 17.7. The molecule has 2 atom stereocenters. The predicted molar refractivity (Wildman–Crippen MR) is 109 cm³/mol. The minimum Gasteiger partial charge on any atom is -0.399 e. The maximum Gasteiger partial charge on any atom is 0.494 e. The monoisotopic (exact) mass is 389 g/mol. The number of ether oxygens (including phenoxy) is 2. The van der Waals surface area contributed by atoms with Gasteiger partial charge in [0.2, 0.25) is 0 Å². The van der Waals surface area contributed by atoms with Gasteiger partial charge in [-0.25, -0.2) is 0 Å². The Hall–Kier alpha value is -1.12. The molecule has 1 unspecified atom stereocenters. The highest BCUT2D eigenvalue weighted by molar-refractivity contribution is 6.62. The van der Waals surface area contributed by atoms with Crippen molar-refractivity contribution in [2.45, 2.75) is 63.9 Å². The Morgan fingerprint density at radius 1 is 1.04 bits per heavy atom. The quantitative estimate of drug-likeness (QED) is 0.796. The van der Waals surface area contributed by atoms with Gasteiger partial charge in [-0.05, 0) is 57.8 Å². The van der Waals surface area contributed by atoms with E-state index in [0.29, 0.717) is 32.8 Å². The predicted octanol–water partition coefficient (Wildman–Crippen LogP) is 1.82. The van der Waals surface area contributed by atoms with Gasteiger partial charge in [-0.3, -0.25) is 0 Å². The van der Waals surface area contributed by atoms with Crippen LogP contribution in [-0.2, 0) is 24.4 Å². The Morgan fingerprint density at radius 2 is 1.75 bits per heavy atom. The van der Waals surface area contributed by atoms with Crippen molar-refractivity contribution in [3.8, 4) is 0 Å². The highest BCUT2D eigenvalue weighted by atomic mass is 16.7. The molecule has 1 aromatic carbocycles. The van der Waals surface area contributed by atoms with Crippen LogP contribution >= 0.6 is 0 Å². The summed E-state index contributed by atoms with van der Waals surface area (Å²) in [4.78, 5) is 2.33. The third kappa shape index (κ3) is 3.48. The van der Waals surface area contributed by atoms with Gasteiger partial charge in [-0.15, -0.1) is 0 Å². The third-order valence-corrected chi connectivity index (χ3v) is 6.70. The molecule has 0 bridgehead atoms. The topological polar surface area (TPSA) is 60.4 Å². The van der Waals surface area contributed by atoms with Gasteiger partial charge >= 0.3 is 7.12 Å². The maximum absolute atomic E-state index is 11.2. The Morgan fingerprint density at radius 3 is 2.36 bits per heavy atom. The summed E-state index contributed by atoms with van der Waals surface area (Å²) in [5.74, 6) is 0. The molecular weight excluding hydrogens is 357 g/mol. The molecule has 3 fully saturated rings. The molecule has 1 N–H and O–H groups in total. The van der Waals surface area contributed by atoms with Crippen molar-refractivity contribution in [2.75, 3.05) is 37.9 Å². The van der Waals surface area contributed by atoms with Gasteiger partial charge in [0.05, 0.1) is 31.0 Å². The SMILES string of the molecule is C[C@@H]1COCCN1c1cc(B2OC(C)(C)C(C)(C)O2)cc(C2(O)CCOC2)c1. The fraction of sp³-hybridized carbons (Fsp3) is 0.714. The van der Waals surface area contributed by atoms with E-state index in [1.165, 1.54) is 0 Å². The van der Waals surface area contributed by atoms with Gasteiger partial charge in [0, 0.05) is 31.3 Å². The number of aliphatic hydroxyl groups is 1. The molecule has 4 rings (SSSR count). The molecule has 0 aliphatic carbocycles. The Labute approximate surface area is 168 Å². The number of hydrogen-bond donors (Lipinski definition) is 1. The van der Waals surface area contributed by atoms with Gasteiger partial charge in [-0.2, -0.15) is 0 Å². The van der Waals surface area contributed by atoms with Crippen molar-refractivity contribution in [1.29, 1.82) is 0 Å². The van der Waals surface area contributed by atoms with E-state index in [-0.39, 0.29) is 6.04 Å². The molecule has 0 aromatic heterocycles. The number of hydrogen-bond acceptors (Lipinski definition) is 6. The fourth-order valence-electron chi connectivity index (χ4n) is 4.08. The van der Waals surface area contributed by atoms with Crippen LogP contribution in [0.3, 0.4) is 0 Å². The average Bonchev–Trinajstić information content (AvgIpc) is 3.17. The highest BCUT2D eigenvalue weighted by Gasteiger charge is 2.52. The molecule has 3 aliphatic heterocycles. The molecule has 7 heteroatoms. The summed E-state index contributed by atoms with van der Waals surface area (Å²) in [6.45, 7) is 13.5. The van der Waals surface area contributed by atoms with Crippen molar-refractivity contribution >= 4 is 18.3 Å². The number of nitrogens with zero attached hydrogens (tertiary/aromatic N) is 1. The first-order valence-electron chi connectivity index (χ1n) is 10.3. The molecule has 154 valence electrons. The summed E-state index contributed by atoms with van der Waals surface area (Å²) in [7, 11) is -0.467. The second-order valence-electron chi connectivity index (χ2n) is 9.35. The molecule has 28 heavy (non-hydrogen) atoms. The standard InChI is InChI=1S/C21H32BNO5/c1-15-13-25-9-7-23(15)18-11-16(21(24)6-8-26-14-21)10-17(12-18)22-27-19(2,3)20(4,5)28-22/h10-12,15,24H,6-9,13-14H2,1-5H3/t15-,21?/m1/s1. The zero-order valence-electron chi connectivity index (χ0n) is 17.7. The smallest absolute Gasteiger partial charge is 0.399 e. The van der Waals surface area contributed by atoms with Gasteiger partial charge in [-0.1, -0.05) is 6.07 Å². The lowest BCUT2D eigenvalue weighted by atomic mass is 9.76. The second-order valence-corrected chi connectivity index (χ2v) is 9.35. The summed E-state index contributed by atoms with van der Waals surface area (Å²) >= 11 is 0. The first-order chi connectivity index (χ1) is 13.1. The fourth-order valence-corrected chi connectivity index (χ4v) is 4.08. The minimum absolute atomic E-state index is 0.268. The van der Waals surface area contributed by atoms with E-state index in [9.17, 15) is 5.11 Å². The summed E-state index contributed by atoms with van der Waals surface area (Å²) in [5.41, 5.74) is 1.08. The first kappa shape index (κ1) is 20.2. The van der Waals surface area contributed by atoms with E-state index >= 15 is 0 Å². The van der Waals surface area contributed by atoms with Crippen molar-refractivity contribution < 1.29 is 23.9 Å². The molecule has 3 aliphatic rings. The molecule has 0 spiro atoms. The molecule has 0 saturated carbocycles. The van der Waals surface area contributed by atoms with Crippen LogP contribution in [0.15, 0.2) is 18.2 Å². The van der Waals surface area contributed by atoms with E-state index in [0.717, 1.165) is 23.3 Å². The minimum atomic E-state index is -0.968. The molecule has 1 aromatic rings. The summed E-state index contributed by atoms with van der Waals surface area (Å²) in [6, 6.07) is 6.51. The Kier molecular flexibility index (Phi) is 5.04. The van der Waals surface area contributed by atoms with Crippen LogP contribution in [0.1, 0.15) is 46.6 Å². The van der Waals surface area contributed by atoms with E-state index in [1.807, 2.05) is 6.07 Å². The van der Waals surface area contributed by atoms with E-state index in [1.54, 1.807) is 0 Å². The van der Waals surface area contributed by atoms with Crippen LogP contribution in [0.4, 0.5) is 5.69 Å². The van der Waals surface area contributed by atoms with E-state index in [4.69, 9.17) is 18.8 Å². The van der Waals surface area contributed by atoms with Gasteiger partial charge < -0.3 is 28.8 Å². The highest BCUT2D eigenvalue weighted by Crippen LogP contribution is 2.38. The van der Waals surface area contributed by atoms with E-state index in [2.05, 4.69) is 51.7 Å². The van der Waals surface area contributed by atoms with Crippen LogP contribution in [0.2, 0.25) is 0 Å². The molecule has 6 nitrogen and oxygen atoms in total. The van der Waals surface area contributed by atoms with Crippen molar-refractivity contribution in [3.05, 3.63) is 23.8 Å². The number of rotatable bonds is 3. The Balaban J connectivity index is 1.74. The normalized spacial score (nSPS) is 32.1. The van der Waals surface area contributed by atoms with Crippen molar-refractivity contribution in [2.24, 2.45) is 0 Å². The summed E-state index contributed by atoms with van der Waals surface area (Å²) in [5, 5.41) is 11.2. The van der Waals surface area contributed by atoms with Crippen molar-refractivity contribution in [3.63, 3.8) is 0 Å². The largest absolute Gasteiger partial charge is 0.494 e. The molecule has 0 radical (unpaired) electrons. The number of anilines is 1. The van der Waals surface area contributed by atoms with Gasteiger partial charge in [0.25, 0.3) is 0 Å².